The summed E-state index contributed by atoms with van der Waals surface area (Å²) in [5, 5.41) is 0.956. The van der Waals surface area contributed by atoms with E-state index >= 15 is 0 Å². The van der Waals surface area contributed by atoms with Gasteiger partial charge in [-0.2, -0.15) is 0 Å². The molecule has 2 rings (SSSR count). The SMILES string of the molecule is NCc1ccc(CSc2ncc[nH]2)cc1. The highest BCUT2D eigenvalue weighted by Crippen LogP contribution is 2.18. The Bertz CT molecular complexity index is 394. The minimum Gasteiger partial charge on any atom is -0.340 e. The first kappa shape index (κ1) is 10.3. The van der Waals surface area contributed by atoms with E-state index in [-0.39, 0.29) is 0 Å². The molecule has 0 aliphatic heterocycles. The van der Waals surface area contributed by atoms with Gasteiger partial charge in [0.05, 0.1) is 0 Å². The Labute approximate surface area is 93.1 Å². The average molecular weight is 219 g/mol. The molecule has 2 aromatic rings. The van der Waals surface area contributed by atoms with Crippen molar-refractivity contribution in [3.8, 4) is 0 Å². The van der Waals surface area contributed by atoms with Crippen LogP contribution in [0.2, 0.25) is 0 Å². The van der Waals surface area contributed by atoms with Gasteiger partial charge in [-0.25, -0.2) is 4.98 Å². The highest BCUT2D eigenvalue weighted by Gasteiger charge is 1.97. The van der Waals surface area contributed by atoms with E-state index in [4.69, 9.17) is 5.73 Å². The molecule has 0 bridgehead atoms. The highest BCUT2D eigenvalue weighted by atomic mass is 32.2. The molecule has 0 spiro atoms. The van der Waals surface area contributed by atoms with Gasteiger partial charge in [0.25, 0.3) is 0 Å². The van der Waals surface area contributed by atoms with Crippen LogP contribution in [-0.4, -0.2) is 9.97 Å². The van der Waals surface area contributed by atoms with Crippen molar-refractivity contribution in [2.75, 3.05) is 0 Å². The minimum absolute atomic E-state index is 0.603. The number of aromatic amines is 1. The Kier molecular flexibility index (Phi) is 3.42. The Morgan fingerprint density at radius 3 is 2.53 bits per heavy atom. The Morgan fingerprint density at radius 2 is 1.93 bits per heavy atom. The van der Waals surface area contributed by atoms with Crippen molar-refractivity contribution < 1.29 is 0 Å². The van der Waals surface area contributed by atoms with Crippen molar-refractivity contribution >= 4 is 11.8 Å². The quantitative estimate of drug-likeness (QED) is 0.775. The molecule has 0 radical (unpaired) electrons. The van der Waals surface area contributed by atoms with Crippen molar-refractivity contribution in [1.29, 1.82) is 0 Å². The second-order valence-corrected chi connectivity index (χ2v) is 4.17. The molecular weight excluding hydrogens is 206 g/mol. The predicted molar refractivity (Wildman–Crippen MR) is 62.5 cm³/mol. The van der Waals surface area contributed by atoms with Crippen LogP contribution in [0.5, 0.6) is 0 Å². The molecule has 0 unspecified atom stereocenters. The van der Waals surface area contributed by atoms with Gasteiger partial charge in [-0.05, 0) is 11.1 Å². The summed E-state index contributed by atoms with van der Waals surface area (Å²) in [6, 6.07) is 8.35. The average Bonchev–Trinajstić information content (AvgIpc) is 2.80. The van der Waals surface area contributed by atoms with Gasteiger partial charge < -0.3 is 10.7 Å². The van der Waals surface area contributed by atoms with Crippen LogP contribution in [0, 0.1) is 0 Å². The number of rotatable bonds is 4. The topological polar surface area (TPSA) is 54.7 Å². The number of nitrogens with one attached hydrogen (secondary N) is 1. The summed E-state index contributed by atoms with van der Waals surface area (Å²) in [5.74, 6) is 0.929. The molecule has 0 saturated carbocycles. The van der Waals surface area contributed by atoms with Gasteiger partial charge in [0, 0.05) is 24.7 Å². The highest BCUT2D eigenvalue weighted by molar-refractivity contribution is 7.98. The van der Waals surface area contributed by atoms with E-state index < -0.39 is 0 Å². The van der Waals surface area contributed by atoms with Crippen LogP contribution in [-0.2, 0) is 12.3 Å². The van der Waals surface area contributed by atoms with E-state index in [1.807, 2.05) is 6.20 Å². The molecule has 15 heavy (non-hydrogen) atoms. The molecule has 3 nitrogen and oxygen atoms in total. The fourth-order valence-corrected chi connectivity index (χ4v) is 2.04. The zero-order valence-corrected chi connectivity index (χ0v) is 9.13. The summed E-state index contributed by atoms with van der Waals surface area (Å²) in [6.07, 6.45) is 3.60. The number of benzene rings is 1. The summed E-state index contributed by atoms with van der Waals surface area (Å²) in [6.45, 7) is 0.603. The minimum atomic E-state index is 0.603. The molecule has 3 N–H and O–H groups in total. The van der Waals surface area contributed by atoms with Crippen LogP contribution in [0.15, 0.2) is 41.8 Å². The van der Waals surface area contributed by atoms with Crippen LogP contribution in [0.3, 0.4) is 0 Å². The molecule has 0 aliphatic rings. The van der Waals surface area contributed by atoms with Gasteiger partial charge in [0.2, 0.25) is 0 Å². The van der Waals surface area contributed by atoms with Crippen molar-refractivity contribution in [2.45, 2.75) is 17.5 Å². The van der Waals surface area contributed by atoms with Crippen LogP contribution in [0.4, 0.5) is 0 Å². The van der Waals surface area contributed by atoms with Crippen molar-refractivity contribution in [1.82, 2.24) is 9.97 Å². The van der Waals surface area contributed by atoms with E-state index in [1.165, 1.54) is 11.1 Å². The first-order valence-electron chi connectivity index (χ1n) is 4.78. The third kappa shape index (κ3) is 2.84. The van der Waals surface area contributed by atoms with Gasteiger partial charge in [0.15, 0.2) is 5.16 Å². The number of imidazole rings is 1. The first-order chi connectivity index (χ1) is 7.38. The number of hydrogen-bond acceptors (Lipinski definition) is 3. The lowest BCUT2D eigenvalue weighted by atomic mass is 10.1. The monoisotopic (exact) mass is 219 g/mol. The summed E-state index contributed by atoms with van der Waals surface area (Å²) in [7, 11) is 0. The molecule has 4 heteroatoms. The molecule has 0 fully saturated rings. The lowest BCUT2D eigenvalue weighted by Crippen LogP contribution is -1.95. The van der Waals surface area contributed by atoms with Crippen LogP contribution in [0.1, 0.15) is 11.1 Å². The third-order valence-corrected chi connectivity index (χ3v) is 3.08. The lowest BCUT2D eigenvalue weighted by Gasteiger charge is -2.01. The first-order valence-corrected chi connectivity index (χ1v) is 5.77. The molecule has 0 atom stereocenters. The smallest absolute Gasteiger partial charge is 0.165 e. The van der Waals surface area contributed by atoms with E-state index in [2.05, 4.69) is 34.2 Å². The summed E-state index contributed by atoms with van der Waals surface area (Å²) < 4.78 is 0. The van der Waals surface area contributed by atoms with Gasteiger partial charge in [-0.3, -0.25) is 0 Å². The number of aromatic nitrogens is 2. The van der Waals surface area contributed by atoms with Crippen molar-refractivity contribution in [3.05, 3.63) is 47.8 Å². The second-order valence-electron chi connectivity index (χ2n) is 3.20. The number of thioether (sulfide) groups is 1. The van der Waals surface area contributed by atoms with E-state index in [0.29, 0.717) is 6.54 Å². The van der Waals surface area contributed by atoms with Gasteiger partial charge in [-0.1, -0.05) is 36.0 Å². The van der Waals surface area contributed by atoms with Crippen LogP contribution >= 0.6 is 11.8 Å². The fraction of sp³-hybridized carbons (Fsp3) is 0.182. The molecule has 1 aromatic carbocycles. The van der Waals surface area contributed by atoms with Gasteiger partial charge >= 0.3 is 0 Å². The lowest BCUT2D eigenvalue weighted by molar-refractivity contribution is 1.05. The normalized spacial score (nSPS) is 10.5. The largest absolute Gasteiger partial charge is 0.340 e. The summed E-state index contributed by atoms with van der Waals surface area (Å²) >= 11 is 1.70. The maximum atomic E-state index is 5.53. The number of hydrogen-bond donors (Lipinski definition) is 2. The molecular formula is C11H13N3S. The van der Waals surface area contributed by atoms with E-state index in [0.717, 1.165) is 10.9 Å². The van der Waals surface area contributed by atoms with E-state index in [9.17, 15) is 0 Å². The maximum Gasteiger partial charge on any atom is 0.165 e. The van der Waals surface area contributed by atoms with Crippen LogP contribution < -0.4 is 5.73 Å². The Hall–Kier alpha value is -1.26. The number of nitrogens with two attached hydrogens (primary N) is 1. The third-order valence-electron chi connectivity index (χ3n) is 2.11. The van der Waals surface area contributed by atoms with Crippen molar-refractivity contribution in [2.24, 2.45) is 5.73 Å². The molecule has 1 heterocycles. The molecule has 0 saturated heterocycles. The van der Waals surface area contributed by atoms with Gasteiger partial charge in [0.1, 0.15) is 0 Å². The summed E-state index contributed by atoms with van der Waals surface area (Å²) in [5.41, 5.74) is 7.98. The molecule has 0 aliphatic carbocycles. The zero-order chi connectivity index (χ0) is 10.5. The Balaban J connectivity index is 1.93. The van der Waals surface area contributed by atoms with Crippen molar-refractivity contribution in [3.63, 3.8) is 0 Å². The maximum absolute atomic E-state index is 5.53. The second kappa shape index (κ2) is 5.00. The molecule has 0 amide bonds. The zero-order valence-electron chi connectivity index (χ0n) is 8.31. The van der Waals surface area contributed by atoms with E-state index in [1.54, 1.807) is 18.0 Å². The fourth-order valence-electron chi connectivity index (χ4n) is 1.25. The number of nitrogens with zero attached hydrogens (tertiary/aromatic N) is 1. The predicted octanol–water partition coefficient (Wildman–Crippen LogP) is 2.16. The summed E-state index contributed by atoms with van der Waals surface area (Å²) in [4.78, 5) is 7.21. The Morgan fingerprint density at radius 1 is 1.20 bits per heavy atom. The standard InChI is InChI=1S/C11H13N3S/c12-7-9-1-3-10(4-2-9)8-15-11-13-5-6-14-11/h1-6H,7-8,12H2,(H,13,14). The van der Waals surface area contributed by atoms with Gasteiger partial charge in [-0.15, -0.1) is 0 Å². The number of H-pyrrole nitrogens is 1. The molecule has 1 aromatic heterocycles. The van der Waals surface area contributed by atoms with Crippen LogP contribution in [0.25, 0.3) is 0 Å². The molecule has 78 valence electrons.